The highest BCUT2D eigenvalue weighted by molar-refractivity contribution is 5.82. The molecule has 0 fully saturated rings. The Bertz CT molecular complexity index is 740. The van der Waals surface area contributed by atoms with Crippen molar-refractivity contribution in [1.82, 2.24) is 4.98 Å². The summed E-state index contributed by atoms with van der Waals surface area (Å²) in [7, 11) is 0. The van der Waals surface area contributed by atoms with Gasteiger partial charge in [-0.2, -0.15) is 0 Å². The number of pyridine rings is 1. The molecule has 3 heteroatoms. The number of ether oxygens (including phenoxy) is 1. The lowest BCUT2D eigenvalue weighted by Crippen LogP contribution is -2.00. The molecule has 1 aromatic rings. The zero-order valence-corrected chi connectivity index (χ0v) is 18.9. The predicted octanol–water partition coefficient (Wildman–Crippen LogP) is 7.60. The van der Waals surface area contributed by atoms with E-state index in [0.717, 1.165) is 12.0 Å². The second kappa shape index (κ2) is 20.3. The van der Waals surface area contributed by atoms with Gasteiger partial charge < -0.3 is 4.74 Å². The van der Waals surface area contributed by atoms with Gasteiger partial charge in [0, 0.05) is 24.0 Å². The number of carbonyl (C=O) groups is 1. The maximum atomic E-state index is 11.6. The van der Waals surface area contributed by atoms with E-state index in [1.807, 2.05) is 48.6 Å². The van der Waals surface area contributed by atoms with Crippen LogP contribution in [0.3, 0.4) is 0 Å². The fourth-order valence-corrected chi connectivity index (χ4v) is 2.73. The number of nitrogens with zero attached hydrogens (tertiary/aromatic N) is 1. The molecule has 0 N–H and O–H groups in total. The molecule has 0 bridgehead atoms. The van der Waals surface area contributed by atoms with Crippen molar-refractivity contribution in [1.29, 1.82) is 0 Å². The van der Waals surface area contributed by atoms with Crippen LogP contribution in [0, 0.1) is 0 Å². The zero-order chi connectivity index (χ0) is 22.2. The molecule has 0 saturated heterocycles. The lowest BCUT2D eigenvalue weighted by Gasteiger charge is -2.00. The maximum absolute atomic E-state index is 11.6. The first-order chi connectivity index (χ1) is 15.3. The Morgan fingerprint density at radius 3 is 2.10 bits per heavy atom. The van der Waals surface area contributed by atoms with E-state index in [9.17, 15) is 4.79 Å². The molecule has 0 spiro atoms. The van der Waals surface area contributed by atoms with E-state index < -0.39 is 0 Å². The fraction of sp³-hybridized carbons (Fsp3) is 0.357. The zero-order valence-electron chi connectivity index (χ0n) is 18.9. The van der Waals surface area contributed by atoms with Gasteiger partial charge in [0.25, 0.3) is 0 Å². The first-order valence-electron chi connectivity index (χ1n) is 11.4. The summed E-state index contributed by atoms with van der Waals surface area (Å²) in [6, 6.07) is 3.68. The van der Waals surface area contributed by atoms with Crippen molar-refractivity contribution in [2.75, 3.05) is 0 Å². The van der Waals surface area contributed by atoms with Crippen LogP contribution in [-0.2, 0) is 16.1 Å². The minimum Gasteiger partial charge on any atom is -0.458 e. The molecular weight excluding hydrogens is 382 g/mol. The number of hydrogen-bond acceptors (Lipinski definition) is 3. The first kappa shape index (κ1) is 26.1. The third-order valence-electron chi connectivity index (χ3n) is 4.45. The SMILES string of the molecule is CCCCCCCCC/C=C/C=C/C=C/C=C/C=C/C=C/C(=O)OCc1cccnc1. The van der Waals surface area contributed by atoms with Crippen LogP contribution in [0.4, 0.5) is 0 Å². The van der Waals surface area contributed by atoms with Crippen molar-refractivity contribution in [3.63, 3.8) is 0 Å². The van der Waals surface area contributed by atoms with Gasteiger partial charge in [-0.15, -0.1) is 0 Å². The van der Waals surface area contributed by atoms with E-state index in [-0.39, 0.29) is 12.6 Å². The molecule has 3 nitrogen and oxygen atoms in total. The molecule has 1 heterocycles. The van der Waals surface area contributed by atoms with Gasteiger partial charge in [0.1, 0.15) is 6.61 Å². The van der Waals surface area contributed by atoms with Gasteiger partial charge in [0.2, 0.25) is 0 Å². The molecule has 0 saturated carbocycles. The van der Waals surface area contributed by atoms with Crippen molar-refractivity contribution in [3.8, 4) is 0 Å². The van der Waals surface area contributed by atoms with Crippen LogP contribution in [0.5, 0.6) is 0 Å². The summed E-state index contributed by atoms with van der Waals surface area (Å²) in [5.41, 5.74) is 0.868. The smallest absolute Gasteiger partial charge is 0.331 e. The number of rotatable bonds is 16. The Balaban J connectivity index is 2.04. The Morgan fingerprint density at radius 1 is 0.839 bits per heavy atom. The summed E-state index contributed by atoms with van der Waals surface area (Å²) in [5, 5.41) is 0. The summed E-state index contributed by atoms with van der Waals surface area (Å²) in [4.78, 5) is 15.6. The van der Waals surface area contributed by atoms with Crippen molar-refractivity contribution in [2.24, 2.45) is 0 Å². The van der Waals surface area contributed by atoms with E-state index in [2.05, 4.69) is 30.1 Å². The first-order valence-corrected chi connectivity index (χ1v) is 11.4. The van der Waals surface area contributed by atoms with Crippen molar-refractivity contribution in [2.45, 2.75) is 64.9 Å². The summed E-state index contributed by atoms with van der Waals surface area (Å²) >= 11 is 0. The Hall–Kier alpha value is -2.94. The van der Waals surface area contributed by atoms with Gasteiger partial charge in [0.05, 0.1) is 0 Å². The highest BCUT2D eigenvalue weighted by atomic mass is 16.5. The van der Waals surface area contributed by atoms with Crippen LogP contribution in [0.25, 0.3) is 0 Å². The van der Waals surface area contributed by atoms with E-state index in [1.165, 1.54) is 51.0 Å². The number of esters is 1. The van der Waals surface area contributed by atoms with E-state index >= 15 is 0 Å². The molecule has 0 unspecified atom stereocenters. The molecule has 31 heavy (non-hydrogen) atoms. The molecule has 0 aliphatic carbocycles. The van der Waals surface area contributed by atoms with Crippen LogP contribution in [0.2, 0.25) is 0 Å². The lowest BCUT2D eigenvalue weighted by atomic mass is 10.1. The molecule has 0 aliphatic heterocycles. The normalized spacial score (nSPS) is 12.5. The van der Waals surface area contributed by atoms with Crippen LogP contribution >= 0.6 is 0 Å². The predicted molar refractivity (Wildman–Crippen MR) is 131 cm³/mol. The summed E-state index contributed by atoms with van der Waals surface area (Å²) in [5.74, 6) is -0.373. The minimum atomic E-state index is -0.373. The van der Waals surface area contributed by atoms with E-state index in [1.54, 1.807) is 24.5 Å². The van der Waals surface area contributed by atoms with Crippen LogP contribution < -0.4 is 0 Å². The molecule has 166 valence electrons. The molecule has 0 aromatic carbocycles. The van der Waals surface area contributed by atoms with Crippen molar-refractivity contribution in [3.05, 3.63) is 103 Å². The van der Waals surface area contributed by atoms with Gasteiger partial charge in [-0.3, -0.25) is 4.98 Å². The molecule has 0 aliphatic rings. The third kappa shape index (κ3) is 17.6. The number of carbonyl (C=O) groups excluding carboxylic acids is 1. The number of aromatic nitrogens is 1. The maximum Gasteiger partial charge on any atom is 0.331 e. The lowest BCUT2D eigenvalue weighted by molar-refractivity contribution is -0.139. The number of allylic oxidation sites excluding steroid dienone is 11. The van der Waals surface area contributed by atoms with Crippen LogP contribution in [-0.4, -0.2) is 11.0 Å². The summed E-state index contributed by atoms with van der Waals surface area (Å²) in [6.07, 6.45) is 37.0. The Morgan fingerprint density at radius 2 is 1.45 bits per heavy atom. The van der Waals surface area contributed by atoms with Crippen molar-refractivity contribution < 1.29 is 9.53 Å². The average Bonchev–Trinajstić information content (AvgIpc) is 2.80. The molecule has 0 atom stereocenters. The monoisotopic (exact) mass is 419 g/mol. The van der Waals surface area contributed by atoms with Crippen LogP contribution in [0.15, 0.2) is 97.4 Å². The summed E-state index contributed by atoms with van der Waals surface area (Å²) < 4.78 is 5.12. The standard InChI is InChI=1S/C28H37NO2/c1-2-3-4-5-6-7-8-9-10-11-12-13-14-15-16-17-18-19-20-23-28(30)31-26-27-22-21-24-29-25-27/h10-25H,2-9,26H2,1H3/b11-10+,13-12+,15-14+,17-16+,19-18+,23-20+. The van der Waals surface area contributed by atoms with E-state index in [0.29, 0.717) is 0 Å². The Labute approximate surface area is 188 Å². The van der Waals surface area contributed by atoms with Gasteiger partial charge in [-0.05, 0) is 18.9 Å². The highest BCUT2D eigenvalue weighted by Gasteiger charge is 1.97. The average molecular weight is 420 g/mol. The number of unbranched alkanes of at least 4 members (excludes halogenated alkanes) is 7. The molecule has 0 amide bonds. The second-order valence-electron chi connectivity index (χ2n) is 7.21. The summed E-state index contributed by atoms with van der Waals surface area (Å²) in [6.45, 7) is 2.49. The van der Waals surface area contributed by atoms with Crippen molar-refractivity contribution >= 4 is 5.97 Å². The quantitative estimate of drug-likeness (QED) is 0.120. The van der Waals surface area contributed by atoms with Gasteiger partial charge in [-0.1, -0.05) is 118 Å². The minimum absolute atomic E-state index is 0.229. The Kier molecular flexibility index (Phi) is 17.1. The second-order valence-corrected chi connectivity index (χ2v) is 7.21. The molecular formula is C28H37NO2. The molecule has 0 radical (unpaired) electrons. The molecule has 1 rings (SSSR count). The largest absolute Gasteiger partial charge is 0.458 e. The molecule has 1 aromatic heterocycles. The third-order valence-corrected chi connectivity index (χ3v) is 4.45. The highest BCUT2D eigenvalue weighted by Crippen LogP contribution is 2.08. The van der Waals surface area contributed by atoms with E-state index in [4.69, 9.17) is 4.74 Å². The number of hydrogen-bond donors (Lipinski definition) is 0. The van der Waals surface area contributed by atoms with Crippen LogP contribution in [0.1, 0.15) is 63.9 Å². The van der Waals surface area contributed by atoms with Gasteiger partial charge in [0.15, 0.2) is 0 Å². The van der Waals surface area contributed by atoms with Gasteiger partial charge in [-0.25, -0.2) is 4.79 Å². The fourth-order valence-electron chi connectivity index (χ4n) is 2.73. The topological polar surface area (TPSA) is 39.2 Å². The van der Waals surface area contributed by atoms with Gasteiger partial charge >= 0.3 is 5.97 Å².